The molecule has 0 aromatic heterocycles. The van der Waals surface area contributed by atoms with E-state index in [-0.39, 0.29) is 18.2 Å². The van der Waals surface area contributed by atoms with Crippen LogP contribution in [0.15, 0.2) is 36.4 Å². The van der Waals surface area contributed by atoms with Crippen LogP contribution in [0.3, 0.4) is 0 Å². The number of halogens is 2. The molecule has 0 aliphatic heterocycles. The van der Waals surface area contributed by atoms with Gasteiger partial charge in [0, 0.05) is 6.04 Å². The van der Waals surface area contributed by atoms with E-state index in [0.29, 0.717) is 5.75 Å². The molecule has 3 rings (SSSR count). The van der Waals surface area contributed by atoms with Crippen LogP contribution in [-0.2, 0) is 13.0 Å². The molecule has 1 aliphatic carbocycles. The molecule has 1 aliphatic rings. The maximum Gasteiger partial charge on any atom is 0.132 e. The highest BCUT2D eigenvalue weighted by Crippen LogP contribution is 2.34. The van der Waals surface area contributed by atoms with Crippen molar-refractivity contribution >= 4 is 0 Å². The van der Waals surface area contributed by atoms with Gasteiger partial charge in [0.15, 0.2) is 0 Å². The van der Waals surface area contributed by atoms with Crippen LogP contribution in [0.5, 0.6) is 5.75 Å². The van der Waals surface area contributed by atoms with Crippen molar-refractivity contribution in [1.82, 2.24) is 0 Å². The third-order valence-electron chi connectivity index (χ3n) is 3.94. The normalized spacial score (nSPS) is 17.4. The number of rotatable bonds is 3. The van der Waals surface area contributed by atoms with Crippen molar-refractivity contribution in [3.63, 3.8) is 0 Å². The lowest BCUT2D eigenvalue weighted by atomic mass is 9.87. The van der Waals surface area contributed by atoms with Gasteiger partial charge in [-0.25, -0.2) is 8.78 Å². The van der Waals surface area contributed by atoms with E-state index in [9.17, 15) is 8.78 Å². The topological polar surface area (TPSA) is 35.2 Å². The Morgan fingerprint density at radius 3 is 2.57 bits per heavy atom. The van der Waals surface area contributed by atoms with Gasteiger partial charge in [-0.15, -0.1) is 0 Å². The van der Waals surface area contributed by atoms with Crippen LogP contribution >= 0.6 is 0 Å². The second-order valence-electron chi connectivity index (χ2n) is 5.31. The third-order valence-corrected chi connectivity index (χ3v) is 3.94. The Morgan fingerprint density at radius 2 is 1.81 bits per heavy atom. The zero-order chi connectivity index (χ0) is 14.8. The van der Waals surface area contributed by atoms with Crippen molar-refractivity contribution in [3.8, 4) is 5.75 Å². The number of nitrogens with two attached hydrogens (primary N) is 1. The first-order valence-electron chi connectivity index (χ1n) is 7.10. The molecule has 0 spiro atoms. The maximum absolute atomic E-state index is 13.6. The summed E-state index contributed by atoms with van der Waals surface area (Å²) in [6.45, 7) is -0.121. The maximum atomic E-state index is 13.6. The fourth-order valence-corrected chi connectivity index (χ4v) is 2.81. The van der Waals surface area contributed by atoms with Crippen molar-refractivity contribution < 1.29 is 13.5 Å². The van der Waals surface area contributed by atoms with Crippen LogP contribution in [0, 0.1) is 11.6 Å². The molecule has 21 heavy (non-hydrogen) atoms. The summed E-state index contributed by atoms with van der Waals surface area (Å²) in [7, 11) is 0. The molecule has 0 radical (unpaired) electrons. The van der Waals surface area contributed by atoms with E-state index in [1.54, 1.807) is 0 Å². The summed E-state index contributed by atoms with van der Waals surface area (Å²) < 4.78 is 32.9. The zero-order valence-corrected chi connectivity index (χ0v) is 11.6. The summed E-state index contributed by atoms with van der Waals surface area (Å²) >= 11 is 0. The Hall–Kier alpha value is -1.94. The van der Waals surface area contributed by atoms with Crippen molar-refractivity contribution in [3.05, 3.63) is 64.7 Å². The molecule has 2 aromatic carbocycles. The Bertz CT molecular complexity index is 637. The Labute approximate surface area is 122 Å². The molecule has 1 atom stereocenters. The summed E-state index contributed by atoms with van der Waals surface area (Å²) in [5, 5.41) is 0. The second-order valence-corrected chi connectivity index (χ2v) is 5.31. The summed E-state index contributed by atoms with van der Waals surface area (Å²) in [5.74, 6) is -0.502. The van der Waals surface area contributed by atoms with Crippen LogP contribution < -0.4 is 10.5 Å². The second kappa shape index (κ2) is 5.82. The molecular weight excluding hydrogens is 272 g/mol. The van der Waals surface area contributed by atoms with E-state index < -0.39 is 11.6 Å². The lowest BCUT2D eigenvalue weighted by molar-refractivity contribution is 0.287. The molecule has 0 bridgehead atoms. The Morgan fingerprint density at radius 1 is 1.10 bits per heavy atom. The monoisotopic (exact) mass is 289 g/mol. The van der Waals surface area contributed by atoms with Crippen LogP contribution in [-0.4, -0.2) is 0 Å². The Kier molecular flexibility index (Phi) is 3.88. The molecule has 0 saturated heterocycles. The highest BCUT2D eigenvalue weighted by molar-refractivity contribution is 5.43. The minimum Gasteiger partial charge on any atom is -0.488 e. The minimum atomic E-state index is -0.587. The van der Waals surface area contributed by atoms with Gasteiger partial charge in [-0.3, -0.25) is 0 Å². The summed E-state index contributed by atoms with van der Waals surface area (Å²) in [6.07, 6.45) is 2.85. The molecule has 0 amide bonds. The van der Waals surface area contributed by atoms with E-state index in [1.165, 1.54) is 18.2 Å². The van der Waals surface area contributed by atoms with E-state index in [4.69, 9.17) is 10.5 Å². The first kappa shape index (κ1) is 14.0. The first-order valence-corrected chi connectivity index (χ1v) is 7.10. The SMILES string of the molecule is NC1CCCc2c(OCc3c(F)cccc3F)cccc21. The van der Waals surface area contributed by atoms with Gasteiger partial charge in [0.2, 0.25) is 0 Å². The molecular formula is C17H17F2NO. The van der Waals surface area contributed by atoms with Crippen LogP contribution in [0.25, 0.3) is 0 Å². The fourth-order valence-electron chi connectivity index (χ4n) is 2.81. The molecule has 4 heteroatoms. The summed E-state index contributed by atoms with van der Waals surface area (Å²) in [6, 6.07) is 9.53. The molecule has 110 valence electrons. The fraction of sp³-hybridized carbons (Fsp3) is 0.294. The van der Waals surface area contributed by atoms with Gasteiger partial charge >= 0.3 is 0 Å². The third kappa shape index (κ3) is 2.76. The van der Waals surface area contributed by atoms with Crippen LogP contribution in [0.1, 0.15) is 35.6 Å². The molecule has 0 fully saturated rings. The average molecular weight is 289 g/mol. The van der Waals surface area contributed by atoms with Gasteiger partial charge in [-0.1, -0.05) is 18.2 Å². The van der Waals surface area contributed by atoms with E-state index >= 15 is 0 Å². The predicted octanol–water partition coefficient (Wildman–Crippen LogP) is 3.88. The number of hydrogen-bond donors (Lipinski definition) is 1. The van der Waals surface area contributed by atoms with Gasteiger partial charge < -0.3 is 10.5 Å². The number of benzene rings is 2. The molecule has 0 heterocycles. The van der Waals surface area contributed by atoms with E-state index in [1.807, 2.05) is 18.2 Å². The number of ether oxygens (including phenoxy) is 1. The van der Waals surface area contributed by atoms with Gasteiger partial charge in [0.1, 0.15) is 24.0 Å². The molecule has 2 aromatic rings. The highest BCUT2D eigenvalue weighted by Gasteiger charge is 2.20. The van der Waals surface area contributed by atoms with Crippen molar-refractivity contribution in [1.29, 1.82) is 0 Å². The number of fused-ring (bicyclic) bond motifs is 1. The van der Waals surface area contributed by atoms with Gasteiger partial charge in [-0.2, -0.15) is 0 Å². The lowest BCUT2D eigenvalue weighted by Crippen LogP contribution is -2.18. The van der Waals surface area contributed by atoms with Gasteiger partial charge in [0.05, 0.1) is 5.56 Å². The molecule has 2 N–H and O–H groups in total. The molecule has 0 saturated carbocycles. The lowest BCUT2D eigenvalue weighted by Gasteiger charge is -2.24. The summed E-state index contributed by atoms with van der Waals surface area (Å²) in [4.78, 5) is 0. The number of hydrogen-bond acceptors (Lipinski definition) is 2. The quantitative estimate of drug-likeness (QED) is 0.930. The first-order chi connectivity index (χ1) is 10.2. The standard InChI is InChI=1S/C17H17F2NO/c18-14-6-3-7-15(19)13(14)10-21-17-9-2-4-11-12(17)5-1-8-16(11)20/h2-4,6-7,9,16H,1,5,8,10,20H2. The summed E-state index contributed by atoms with van der Waals surface area (Å²) in [5.41, 5.74) is 8.19. The van der Waals surface area contributed by atoms with Gasteiger partial charge in [-0.05, 0) is 48.6 Å². The largest absolute Gasteiger partial charge is 0.488 e. The Balaban J connectivity index is 1.85. The average Bonchev–Trinajstić information content (AvgIpc) is 2.47. The van der Waals surface area contributed by atoms with E-state index in [2.05, 4.69) is 0 Å². The molecule has 1 unspecified atom stereocenters. The smallest absolute Gasteiger partial charge is 0.132 e. The highest BCUT2D eigenvalue weighted by atomic mass is 19.1. The van der Waals surface area contributed by atoms with Gasteiger partial charge in [0.25, 0.3) is 0 Å². The zero-order valence-electron chi connectivity index (χ0n) is 11.6. The van der Waals surface area contributed by atoms with Crippen molar-refractivity contribution in [2.45, 2.75) is 31.9 Å². The van der Waals surface area contributed by atoms with Crippen molar-refractivity contribution in [2.75, 3.05) is 0 Å². The minimum absolute atomic E-state index is 0.0162. The van der Waals surface area contributed by atoms with Crippen molar-refractivity contribution in [2.24, 2.45) is 5.73 Å². The van der Waals surface area contributed by atoms with Crippen LogP contribution in [0.4, 0.5) is 8.78 Å². The predicted molar refractivity (Wildman–Crippen MR) is 77.0 cm³/mol. The van der Waals surface area contributed by atoms with E-state index in [0.717, 1.165) is 30.4 Å². The molecule has 2 nitrogen and oxygen atoms in total. The van der Waals surface area contributed by atoms with Crippen LogP contribution in [0.2, 0.25) is 0 Å².